The van der Waals surface area contributed by atoms with Crippen molar-refractivity contribution in [3.05, 3.63) is 29.3 Å². The average Bonchev–Trinajstić information content (AvgIpc) is 2.08. The van der Waals surface area contributed by atoms with Crippen LogP contribution >= 0.6 is 0 Å². The molecule has 0 saturated carbocycles. The molecule has 4 heteroatoms. The van der Waals surface area contributed by atoms with Gasteiger partial charge < -0.3 is 10.5 Å². The Morgan fingerprint density at radius 3 is 2.33 bits per heavy atom. The van der Waals surface area contributed by atoms with Gasteiger partial charge in [0.25, 0.3) is 0 Å². The molecule has 0 fully saturated rings. The zero-order chi connectivity index (χ0) is 11.6. The molecule has 0 aliphatic heterocycles. The Balaban J connectivity index is 3.05. The summed E-state index contributed by atoms with van der Waals surface area (Å²) in [4.78, 5) is 0. The lowest BCUT2D eigenvalue weighted by Crippen LogP contribution is -2.34. The highest BCUT2D eigenvalue weighted by molar-refractivity contribution is 5.31. The Morgan fingerprint density at radius 2 is 1.87 bits per heavy atom. The molecule has 15 heavy (non-hydrogen) atoms. The number of ether oxygens (including phenoxy) is 1. The minimum atomic E-state index is -0.571. The van der Waals surface area contributed by atoms with E-state index in [1.165, 1.54) is 7.11 Å². The summed E-state index contributed by atoms with van der Waals surface area (Å²) in [5.41, 5.74) is 5.43. The van der Waals surface area contributed by atoms with Crippen LogP contribution in [0.25, 0.3) is 0 Å². The number of benzene rings is 1. The van der Waals surface area contributed by atoms with E-state index < -0.39 is 17.2 Å². The smallest absolute Gasteiger partial charge is 0.165 e. The summed E-state index contributed by atoms with van der Waals surface area (Å²) in [6.07, 6.45) is 0.278. The first kappa shape index (κ1) is 11.9. The molecule has 0 bridgehead atoms. The van der Waals surface area contributed by atoms with E-state index in [1.54, 1.807) is 13.8 Å². The molecule has 84 valence electrons. The third-order valence-corrected chi connectivity index (χ3v) is 1.97. The molecular formula is C11H15F2NO. The molecule has 0 heterocycles. The third kappa shape index (κ3) is 3.16. The van der Waals surface area contributed by atoms with Crippen molar-refractivity contribution in [2.24, 2.45) is 5.73 Å². The number of nitrogens with two attached hydrogens (primary N) is 1. The van der Waals surface area contributed by atoms with Gasteiger partial charge in [-0.25, -0.2) is 8.78 Å². The second-order valence-electron chi connectivity index (χ2n) is 4.24. The fraction of sp³-hybridized carbons (Fsp3) is 0.455. The van der Waals surface area contributed by atoms with Gasteiger partial charge in [0.05, 0.1) is 7.11 Å². The Hall–Kier alpha value is -1.16. The van der Waals surface area contributed by atoms with Crippen molar-refractivity contribution in [1.82, 2.24) is 0 Å². The van der Waals surface area contributed by atoms with Crippen LogP contribution in [0.2, 0.25) is 0 Å². The van der Waals surface area contributed by atoms with E-state index in [9.17, 15) is 8.78 Å². The SMILES string of the molecule is COc1cc(F)c(CC(C)(C)N)cc1F. The third-order valence-electron chi connectivity index (χ3n) is 1.97. The van der Waals surface area contributed by atoms with Gasteiger partial charge in [-0.15, -0.1) is 0 Å². The largest absolute Gasteiger partial charge is 0.494 e. The summed E-state index contributed by atoms with van der Waals surface area (Å²) in [7, 11) is 1.30. The first-order chi connectivity index (χ1) is 6.83. The molecule has 1 aromatic carbocycles. The Morgan fingerprint density at radius 1 is 1.27 bits per heavy atom. The minimum Gasteiger partial charge on any atom is -0.494 e. The maximum absolute atomic E-state index is 13.4. The first-order valence-electron chi connectivity index (χ1n) is 4.64. The van der Waals surface area contributed by atoms with E-state index >= 15 is 0 Å². The van der Waals surface area contributed by atoms with Gasteiger partial charge in [-0.2, -0.15) is 0 Å². The molecule has 0 unspecified atom stereocenters. The van der Waals surface area contributed by atoms with Crippen LogP contribution in [0.3, 0.4) is 0 Å². The van der Waals surface area contributed by atoms with Crippen LogP contribution in [-0.4, -0.2) is 12.6 Å². The molecule has 0 saturated heterocycles. The summed E-state index contributed by atoms with van der Waals surface area (Å²) in [5.74, 6) is -1.16. The van der Waals surface area contributed by atoms with Crippen molar-refractivity contribution in [2.75, 3.05) is 7.11 Å². The van der Waals surface area contributed by atoms with Crippen molar-refractivity contribution in [3.8, 4) is 5.75 Å². The lowest BCUT2D eigenvalue weighted by Gasteiger charge is -2.19. The standard InChI is InChI=1S/C11H15F2NO/c1-11(2,14)6-7-4-9(13)10(15-3)5-8(7)12/h4-5H,6,14H2,1-3H3. The van der Waals surface area contributed by atoms with Gasteiger partial charge in [-0.1, -0.05) is 0 Å². The highest BCUT2D eigenvalue weighted by Crippen LogP contribution is 2.23. The van der Waals surface area contributed by atoms with E-state index in [0.29, 0.717) is 0 Å². The maximum Gasteiger partial charge on any atom is 0.165 e. The fourth-order valence-electron chi connectivity index (χ4n) is 1.35. The van der Waals surface area contributed by atoms with Gasteiger partial charge in [0, 0.05) is 11.6 Å². The van der Waals surface area contributed by atoms with Crippen LogP contribution in [0.5, 0.6) is 5.75 Å². The van der Waals surface area contributed by atoms with Gasteiger partial charge in [-0.3, -0.25) is 0 Å². The van der Waals surface area contributed by atoms with E-state index in [2.05, 4.69) is 4.74 Å². The van der Waals surface area contributed by atoms with Crippen LogP contribution in [0, 0.1) is 11.6 Å². The molecule has 1 aromatic rings. The number of hydrogen-bond acceptors (Lipinski definition) is 2. The highest BCUT2D eigenvalue weighted by Gasteiger charge is 2.17. The summed E-state index contributed by atoms with van der Waals surface area (Å²) in [6.45, 7) is 3.52. The van der Waals surface area contributed by atoms with Crippen molar-refractivity contribution in [3.63, 3.8) is 0 Å². The van der Waals surface area contributed by atoms with Gasteiger partial charge in [0.2, 0.25) is 0 Å². The van der Waals surface area contributed by atoms with Gasteiger partial charge in [0.1, 0.15) is 5.82 Å². The van der Waals surface area contributed by atoms with Crippen molar-refractivity contribution < 1.29 is 13.5 Å². The topological polar surface area (TPSA) is 35.2 Å². The van der Waals surface area contributed by atoms with Gasteiger partial charge >= 0.3 is 0 Å². The summed E-state index contributed by atoms with van der Waals surface area (Å²) in [6, 6.07) is 2.17. The second kappa shape index (κ2) is 4.14. The molecule has 0 aromatic heterocycles. The second-order valence-corrected chi connectivity index (χ2v) is 4.24. The predicted molar refractivity (Wildman–Crippen MR) is 54.9 cm³/mol. The summed E-state index contributed by atoms with van der Waals surface area (Å²) in [5, 5.41) is 0. The zero-order valence-corrected chi connectivity index (χ0v) is 9.10. The first-order valence-corrected chi connectivity index (χ1v) is 4.64. The van der Waals surface area contributed by atoms with Crippen LogP contribution < -0.4 is 10.5 Å². The van der Waals surface area contributed by atoms with E-state index in [0.717, 1.165) is 12.1 Å². The normalized spacial score (nSPS) is 11.6. The predicted octanol–water partition coefficient (Wildman–Crippen LogP) is 2.25. The Bertz CT molecular complexity index is 358. The molecule has 0 spiro atoms. The molecule has 2 nitrogen and oxygen atoms in total. The van der Waals surface area contributed by atoms with Crippen molar-refractivity contribution >= 4 is 0 Å². The number of rotatable bonds is 3. The molecule has 0 radical (unpaired) electrons. The Labute approximate surface area is 88.0 Å². The molecule has 0 atom stereocenters. The molecule has 1 rings (SSSR count). The monoisotopic (exact) mass is 215 g/mol. The van der Waals surface area contributed by atoms with Gasteiger partial charge in [0.15, 0.2) is 11.6 Å². The van der Waals surface area contributed by atoms with Crippen LogP contribution in [0.15, 0.2) is 12.1 Å². The number of methoxy groups -OCH3 is 1. The van der Waals surface area contributed by atoms with E-state index in [4.69, 9.17) is 5.73 Å². The number of halogens is 2. The van der Waals surface area contributed by atoms with Crippen molar-refractivity contribution in [1.29, 1.82) is 0 Å². The van der Waals surface area contributed by atoms with Crippen LogP contribution in [-0.2, 0) is 6.42 Å². The fourth-order valence-corrected chi connectivity index (χ4v) is 1.35. The van der Waals surface area contributed by atoms with E-state index in [-0.39, 0.29) is 17.7 Å². The van der Waals surface area contributed by atoms with Crippen LogP contribution in [0.4, 0.5) is 8.78 Å². The summed E-state index contributed by atoms with van der Waals surface area (Å²) < 4.78 is 31.4. The molecule has 0 amide bonds. The van der Waals surface area contributed by atoms with Crippen LogP contribution in [0.1, 0.15) is 19.4 Å². The zero-order valence-electron chi connectivity index (χ0n) is 9.10. The quantitative estimate of drug-likeness (QED) is 0.839. The lowest BCUT2D eigenvalue weighted by atomic mass is 9.96. The molecule has 2 N–H and O–H groups in total. The molecular weight excluding hydrogens is 200 g/mol. The molecule has 0 aliphatic carbocycles. The minimum absolute atomic E-state index is 0.0916. The average molecular weight is 215 g/mol. The lowest BCUT2D eigenvalue weighted by molar-refractivity contribution is 0.380. The molecule has 0 aliphatic rings. The summed E-state index contributed by atoms with van der Waals surface area (Å²) >= 11 is 0. The highest BCUT2D eigenvalue weighted by atomic mass is 19.1. The van der Waals surface area contributed by atoms with E-state index in [1.807, 2.05) is 0 Å². The Kier molecular flexibility index (Phi) is 3.29. The van der Waals surface area contributed by atoms with Crippen molar-refractivity contribution in [2.45, 2.75) is 25.8 Å². The van der Waals surface area contributed by atoms with Gasteiger partial charge in [-0.05, 0) is 31.9 Å². The maximum atomic E-state index is 13.4. The number of hydrogen-bond donors (Lipinski definition) is 1.